The van der Waals surface area contributed by atoms with Crippen molar-refractivity contribution in [1.29, 1.82) is 0 Å². The third-order valence-corrected chi connectivity index (χ3v) is 4.04. The number of hydrogen-bond donors (Lipinski definition) is 1. The number of ether oxygens (including phenoxy) is 1. The Labute approximate surface area is 141 Å². The van der Waals surface area contributed by atoms with Gasteiger partial charge in [0.15, 0.2) is 0 Å². The van der Waals surface area contributed by atoms with E-state index in [9.17, 15) is 4.79 Å². The summed E-state index contributed by atoms with van der Waals surface area (Å²) in [5.74, 6) is 0.691. The van der Waals surface area contributed by atoms with E-state index < -0.39 is 0 Å². The Morgan fingerprint density at radius 3 is 2.29 bits per heavy atom. The lowest BCUT2D eigenvalue weighted by molar-refractivity contribution is 0.0942. The van der Waals surface area contributed by atoms with Gasteiger partial charge in [-0.1, -0.05) is 30.3 Å². The second-order valence-corrected chi connectivity index (χ2v) is 5.59. The molecule has 3 aromatic rings. The summed E-state index contributed by atoms with van der Waals surface area (Å²) in [5, 5.41) is 3.13. The molecule has 3 rings (SSSR count). The lowest BCUT2D eigenvalue weighted by Crippen LogP contribution is -2.30. The number of amides is 1. The molecule has 0 aliphatic carbocycles. The molecule has 4 heteroatoms. The van der Waals surface area contributed by atoms with Gasteiger partial charge in [-0.15, -0.1) is 0 Å². The van der Waals surface area contributed by atoms with Crippen LogP contribution in [-0.4, -0.2) is 17.6 Å². The molecule has 1 aromatic heterocycles. The topological polar surface area (TPSA) is 43.3 Å². The molecule has 0 saturated carbocycles. The fraction of sp³-hybridized carbons (Fsp3) is 0.150. The summed E-state index contributed by atoms with van der Waals surface area (Å²) in [6.45, 7) is 0. The second-order valence-electron chi connectivity index (χ2n) is 5.59. The number of carbonyl (C=O) groups excluding carboxylic acids is 1. The van der Waals surface area contributed by atoms with Crippen LogP contribution in [0.3, 0.4) is 0 Å². The number of aromatic nitrogens is 1. The predicted molar refractivity (Wildman–Crippen MR) is 94.2 cm³/mol. The summed E-state index contributed by atoms with van der Waals surface area (Å²) >= 11 is 0. The zero-order valence-electron chi connectivity index (χ0n) is 13.8. The Bertz CT molecular complexity index is 807. The number of methoxy groups -OCH3 is 1. The van der Waals surface area contributed by atoms with Gasteiger partial charge in [-0.25, -0.2) is 0 Å². The molecule has 1 heterocycles. The highest BCUT2D eigenvalue weighted by atomic mass is 16.5. The Morgan fingerprint density at radius 2 is 1.71 bits per heavy atom. The predicted octanol–water partition coefficient (Wildman–Crippen LogP) is 3.55. The molecule has 0 radical (unpaired) electrons. The van der Waals surface area contributed by atoms with E-state index >= 15 is 0 Å². The monoisotopic (exact) mass is 320 g/mol. The molecule has 4 nitrogen and oxygen atoms in total. The number of nitrogens with zero attached hydrogens (tertiary/aromatic N) is 1. The smallest absolute Gasteiger partial charge is 0.252 e. The molecule has 1 amide bonds. The van der Waals surface area contributed by atoms with Crippen LogP contribution in [0.4, 0.5) is 0 Å². The summed E-state index contributed by atoms with van der Waals surface area (Å²) in [5.41, 5.74) is 2.66. The molecule has 0 spiro atoms. The van der Waals surface area contributed by atoms with Crippen LogP contribution in [0.1, 0.15) is 27.7 Å². The molecule has 0 bridgehead atoms. The summed E-state index contributed by atoms with van der Waals surface area (Å²) in [7, 11) is 3.61. The highest BCUT2D eigenvalue weighted by molar-refractivity contribution is 5.94. The number of rotatable bonds is 5. The minimum atomic E-state index is -0.233. The summed E-state index contributed by atoms with van der Waals surface area (Å²) < 4.78 is 7.24. The Hall–Kier alpha value is -3.01. The maximum atomic E-state index is 12.6. The van der Waals surface area contributed by atoms with Crippen molar-refractivity contribution < 1.29 is 9.53 Å². The van der Waals surface area contributed by atoms with E-state index in [2.05, 4.69) is 5.32 Å². The van der Waals surface area contributed by atoms with E-state index in [0.29, 0.717) is 5.56 Å². The van der Waals surface area contributed by atoms with Crippen molar-refractivity contribution in [3.05, 3.63) is 89.7 Å². The lowest BCUT2D eigenvalue weighted by atomic mass is 10.0. The standard InChI is InChI=1S/C20H20N2O2/c1-22-14-6-9-18(22)19(15-10-12-17(24-2)13-11-15)21-20(23)16-7-4-3-5-8-16/h3-14,19H,1-2H3,(H,21,23). The van der Waals surface area contributed by atoms with Crippen LogP contribution in [0.2, 0.25) is 0 Å². The van der Waals surface area contributed by atoms with Crippen LogP contribution in [0.15, 0.2) is 72.9 Å². The largest absolute Gasteiger partial charge is 0.497 e. The fourth-order valence-corrected chi connectivity index (χ4v) is 2.70. The van der Waals surface area contributed by atoms with Gasteiger partial charge in [-0.05, 0) is 42.0 Å². The molecular weight excluding hydrogens is 300 g/mol. The van der Waals surface area contributed by atoms with Crippen LogP contribution in [-0.2, 0) is 7.05 Å². The summed E-state index contributed by atoms with van der Waals surface area (Å²) in [6, 6.07) is 20.7. The number of aryl methyl sites for hydroxylation is 1. The maximum Gasteiger partial charge on any atom is 0.252 e. The average molecular weight is 320 g/mol. The second kappa shape index (κ2) is 7.04. The van der Waals surface area contributed by atoms with Gasteiger partial charge >= 0.3 is 0 Å². The Balaban J connectivity index is 1.93. The van der Waals surface area contributed by atoms with Gasteiger partial charge in [0.1, 0.15) is 5.75 Å². The van der Waals surface area contributed by atoms with Gasteiger partial charge in [0.05, 0.1) is 13.2 Å². The van der Waals surface area contributed by atoms with Crippen molar-refractivity contribution in [2.45, 2.75) is 6.04 Å². The number of carbonyl (C=O) groups is 1. The van der Waals surface area contributed by atoms with E-state index in [4.69, 9.17) is 4.74 Å². The van der Waals surface area contributed by atoms with Crippen LogP contribution in [0.25, 0.3) is 0 Å². The third kappa shape index (κ3) is 3.33. The van der Waals surface area contributed by atoms with Gasteiger partial charge in [0, 0.05) is 24.5 Å². The first kappa shape index (κ1) is 15.9. The third-order valence-electron chi connectivity index (χ3n) is 4.04. The van der Waals surface area contributed by atoms with E-state index in [1.807, 2.05) is 84.5 Å². The minimum absolute atomic E-state index is 0.0994. The van der Waals surface area contributed by atoms with Crippen molar-refractivity contribution >= 4 is 5.91 Å². The Kier molecular flexibility index (Phi) is 4.66. The van der Waals surface area contributed by atoms with E-state index in [0.717, 1.165) is 17.0 Å². The van der Waals surface area contributed by atoms with Crippen molar-refractivity contribution in [2.24, 2.45) is 7.05 Å². The number of benzene rings is 2. The first-order valence-electron chi connectivity index (χ1n) is 7.80. The normalized spacial score (nSPS) is 11.8. The highest BCUT2D eigenvalue weighted by Gasteiger charge is 2.20. The van der Waals surface area contributed by atoms with Gasteiger partial charge in [0.25, 0.3) is 5.91 Å². The first-order chi connectivity index (χ1) is 11.7. The molecule has 24 heavy (non-hydrogen) atoms. The van der Waals surface area contributed by atoms with Crippen LogP contribution in [0, 0.1) is 0 Å². The van der Waals surface area contributed by atoms with Gasteiger partial charge < -0.3 is 14.6 Å². The van der Waals surface area contributed by atoms with Gasteiger partial charge in [0.2, 0.25) is 0 Å². The average Bonchev–Trinajstić information content (AvgIpc) is 3.06. The van der Waals surface area contributed by atoms with Gasteiger partial charge in [-0.3, -0.25) is 4.79 Å². The van der Waals surface area contributed by atoms with Crippen LogP contribution < -0.4 is 10.1 Å². The van der Waals surface area contributed by atoms with Gasteiger partial charge in [-0.2, -0.15) is 0 Å². The molecule has 1 atom stereocenters. The highest BCUT2D eigenvalue weighted by Crippen LogP contribution is 2.24. The molecular formula is C20H20N2O2. The summed E-state index contributed by atoms with van der Waals surface area (Å²) in [4.78, 5) is 12.6. The molecule has 0 fully saturated rings. The SMILES string of the molecule is COc1ccc(C(NC(=O)c2ccccc2)c2cccn2C)cc1. The first-order valence-corrected chi connectivity index (χ1v) is 7.80. The zero-order valence-corrected chi connectivity index (χ0v) is 13.8. The Morgan fingerprint density at radius 1 is 1.00 bits per heavy atom. The van der Waals surface area contributed by atoms with Crippen molar-refractivity contribution in [3.63, 3.8) is 0 Å². The lowest BCUT2D eigenvalue weighted by Gasteiger charge is -2.21. The van der Waals surface area contributed by atoms with E-state index in [-0.39, 0.29) is 11.9 Å². The summed E-state index contributed by atoms with van der Waals surface area (Å²) in [6.07, 6.45) is 1.97. The van der Waals surface area contributed by atoms with Crippen LogP contribution >= 0.6 is 0 Å². The maximum absolute atomic E-state index is 12.6. The minimum Gasteiger partial charge on any atom is -0.497 e. The van der Waals surface area contributed by atoms with E-state index in [1.54, 1.807) is 7.11 Å². The molecule has 0 aliphatic heterocycles. The molecule has 122 valence electrons. The van der Waals surface area contributed by atoms with E-state index in [1.165, 1.54) is 0 Å². The van der Waals surface area contributed by atoms with Crippen molar-refractivity contribution in [3.8, 4) is 5.75 Å². The molecule has 0 saturated heterocycles. The quantitative estimate of drug-likeness (QED) is 0.781. The fourth-order valence-electron chi connectivity index (χ4n) is 2.70. The number of hydrogen-bond acceptors (Lipinski definition) is 2. The van der Waals surface area contributed by atoms with Crippen LogP contribution in [0.5, 0.6) is 5.75 Å². The molecule has 0 aliphatic rings. The molecule has 1 N–H and O–H groups in total. The zero-order chi connectivity index (χ0) is 16.9. The van der Waals surface area contributed by atoms with Crippen molar-refractivity contribution in [1.82, 2.24) is 9.88 Å². The van der Waals surface area contributed by atoms with Crippen molar-refractivity contribution in [2.75, 3.05) is 7.11 Å². The number of nitrogens with one attached hydrogen (secondary N) is 1. The molecule has 2 aromatic carbocycles. The molecule has 1 unspecified atom stereocenters.